The Balaban J connectivity index is 2.03. The average molecular weight is 352 g/mol. The van der Waals surface area contributed by atoms with Gasteiger partial charge in [0.1, 0.15) is 11.6 Å². The summed E-state index contributed by atoms with van der Waals surface area (Å²) < 4.78 is 45.4. The normalized spacial score (nSPS) is 12.1. The minimum Gasteiger partial charge on any atom is -0.494 e. The van der Waals surface area contributed by atoms with E-state index in [4.69, 9.17) is 4.74 Å². The topological polar surface area (TPSA) is 41.6 Å². The number of carbonyl (C=O) groups is 1. The fourth-order valence-corrected chi connectivity index (χ4v) is 2.26. The summed E-state index contributed by atoms with van der Waals surface area (Å²) in [6.45, 7) is 1.91. The van der Waals surface area contributed by atoms with Crippen LogP contribution in [0.5, 0.6) is 5.75 Å². The van der Waals surface area contributed by atoms with Crippen molar-refractivity contribution in [2.45, 2.75) is 19.5 Å². The third-order valence-corrected chi connectivity index (χ3v) is 3.88. The van der Waals surface area contributed by atoms with Gasteiger partial charge >= 0.3 is 0 Å². The third-order valence-electron chi connectivity index (χ3n) is 3.88. The predicted octanol–water partition coefficient (Wildman–Crippen LogP) is 3.57. The van der Waals surface area contributed by atoms with Gasteiger partial charge in [-0.25, -0.2) is 13.2 Å². The zero-order chi connectivity index (χ0) is 18.6. The summed E-state index contributed by atoms with van der Waals surface area (Å²) in [5.41, 5.74) is 0.429. The highest BCUT2D eigenvalue weighted by Gasteiger charge is 2.20. The summed E-state index contributed by atoms with van der Waals surface area (Å²) in [5, 5.41) is 2.36. The monoisotopic (exact) mass is 352 g/mol. The lowest BCUT2D eigenvalue weighted by molar-refractivity contribution is -0.120. The third kappa shape index (κ3) is 4.73. The molecule has 7 heteroatoms. The number of methoxy groups -OCH3 is 1. The zero-order valence-corrected chi connectivity index (χ0v) is 14.1. The van der Waals surface area contributed by atoms with Crippen molar-refractivity contribution < 1.29 is 22.7 Å². The van der Waals surface area contributed by atoms with Crippen LogP contribution >= 0.6 is 0 Å². The van der Waals surface area contributed by atoms with Crippen LogP contribution in [0.25, 0.3) is 0 Å². The van der Waals surface area contributed by atoms with Crippen LogP contribution in [0.2, 0.25) is 0 Å². The Labute approximate surface area is 144 Å². The van der Waals surface area contributed by atoms with Crippen molar-refractivity contribution >= 4 is 11.6 Å². The SMILES string of the molecule is COc1ccc(CN(C)[C@H](C)C(=O)Nc2cc(F)ccc2F)cc1F. The van der Waals surface area contributed by atoms with E-state index in [1.807, 2.05) is 0 Å². The minimum absolute atomic E-state index is 0.138. The van der Waals surface area contributed by atoms with Crippen molar-refractivity contribution in [3.05, 3.63) is 59.4 Å². The summed E-state index contributed by atoms with van der Waals surface area (Å²) in [4.78, 5) is 13.9. The maximum absolute atomic E-state index is 13.7. The van der Waals surface area contributed by atoms with E-state index in [-0.39, 0.29) is 11.4 Å². The van der Waals surface area contributed by atoms with Crippen molar-refractivity contribution in [2.24, 2.45) is 0 Å². The summed E-state index contributed by atoms with van der Waals surface area (Å²) >= 11 is 0. The standard InChI is InChI=1S/C18H19F3N2O2/c1-11(18(24)22-16-9-13(19)5-6-14(16)20)23(2)10-12-4-7-17(25-3)15(21)8-12/h4-9,11H,10H2,1-3H3,(H,22,24)/t11-/m1/s1. The molecule has 134 valence electrons. The van der Waals surface area contributed by atoms with E-state index in [0.717, 1.165) is 18.2 Å². The van der Waals surface area contributed by atoms with E-state index in [1.165, 1.54) is 19.2 Å². The first-order valence-corrected chi connectivity index (χ1v) is 7.60. The van der Waals surface area contributed by atoms with Gasteiger partial charge in [0.25, 0.3) is 0 Å². The lowest BCUT2D eigenvalue weighted by atomic mass is 10.1. The molecule has 0 aliphatic rings. The van der Waals surface area contributed by atoms with Crippen LogP contribution in [0, 0.1) is 17.5 Å². The molecule has 4 nitrogen and oxygen atoms in total. The summed E-state index contributed by atoms with van der Waals surface area (Å²) in [5.74, 6) is -2.22. The number of likely N-dealkylation sites (N-methyl/N-ethyl adjacent to an activating group) is 1. The van der Waals surface area contributed by atoms with Gasteiger partial charge in [0.05, 0.1) is 18.8 Å². The molecule has 0 spiro atoms. The predicted molar refractivity (Wildman–Crippen MR) is 88.9 cm³/mol. The Morgan fingerprint density at radius 2 is 1.88 bits per heavy atom. The largest absolute Gasteiger partial charge is 0.494 e. The number of carbonyl (C=O) groups excluding carboxylic acids is 1. The number of nitrogens with one attached hydrogen (secondary N) is 1. The van der Waals surface area contributed by atoms with Crippen LogP contribution in [-0.4, -0.2) is 31.0 Å². The van der Waals surface area contributed by atoms with Gasteiger partial charge in [-0.1, -0.05) is 6.07 Å². The van der Waals surface area contributed by atoms with E-state index >= 15 is 0 Å². The smallest absolute Gasteiger partial charge is 0.241 e. The van der Waals surface area contributed by atoms with Crippen molar-refractivity contribution in [3.63, 3.8) is 0 Å². The number of amides is 1. The first-order chi connectivity index (χ1) is 11.8. The van der Waals surface area contributed by atoms with Crippen LogP contribution in [-0.2, 0) is 11.3 Å². The van der Waals surface area contributed by atoms with Gasteiger partial charge in [0, 0.05) is 12.6 Å². The molecule has 0 saturated heterocycles. The highest BCUT2D eigenvalue weighted by Crippen LogP contribution is 2.20. The maximum atomic E-state index is 13.7. The number of halogens is 3. The fraction of sp³-hybridized carbons (Fsp3) is 0.278. The second-order valence-electron chi connectivity index (χ2n) is 5.67. The lowest BCUT2D eigenvalue weighted by Gasteiger charge is -2.24. The Kier molecular flexibility index (Phi) is 6.03. The van der Waals surface area contributed by atoms with E-state index in [9.17, 15) is 18.0 Å². The van der Waals surface area contributed by atoms with Gasteiger partial charge in [0.15, 0.2) is 11.6 Å². The molecule has 1 N–H and O–H groups in total. The molecule has 0 aliphatic carbocycles. The molecule has 1 amide bonds. The van der Waals surface area contributed by atoms with Crippen LogP contribution in [0.3, 0.4) is 0 Å². The lowest BCUT2D eigenvalue weighted by Crippen LogP contribution is -2.39. The van der Waals surface area contributed by atoms with Gasteiger partial charge < -0.3 is 10.1 Å². The van der Waals surface area contributed by atoms with Crippen LogP contribution in [0.4, 0.5) is 18.9 Å². The van der Waals surface area contributed by atoms with Gasteiger partial charge in [-0.3, -0.25) is 9.69 Å². The van der Waals surface area contributed by atoms with Crippen molar-refractivity contribution in [1.82, 2.24) is 4.90 Å². The molecular weight excluding hydrogens is 333 g/mol. The molecular formula is C18H19F3N2O2. The second-order valence-corrected chi connectivity index (χ2v) is 5.67. The molecule has 0 saturated carbocycles. The molecule has 0 fully saturated rings. The maximum Gasteiger partial charge on any atom is 0.241 e. The fourth-order valence-electron chi connectivity index (χ4n) is 2.26. The molecule has 0 aromatic heterocycles. The van der Waals surface area contributed by atoms with E-state index in [1.54, 1.807) is 24.9 Å². The Morgan fingerprint density at radius 1 is 1.16 bits per heavy atom. The molecule has 0 aliphatic heterocycles. The number of anilines is 1. The first kappa shape index (κ1) is 18.8. The van der Waals surface area contributed by atoms with Crippen LogP contribution < -0.4 is 10.1 Å². The number of hydrogen-bond acceptors (Lipinski definition) is 3. The van der Waals surface area contributed by atoms with Gasteiger partial charge in [-0.05, 0) is 43.8 Å². The van der Waals surface area contributed by atoms with E-state index < -0.39 is 29.4 Å². The van der Waals surface area contributed by atoms with Crippen molar-refractivity contribution in [1.29, 1.82) is 0 Å². The summed E-state index contributed by atoms with van der Waals surface area (Å²) in [6.07, 6.45) is 0. The van der Waals surface area contributed by atoms with E-state index in [2.05, 4.69) is 5.32 Å². The minimum atomic E-state index is -0.721. The van der Waals surface area contributed by atoms with E-state index in [0.29, 0.717) is 12.1 Å². The summed E-state index contributed by atoms with van der Waals surface area (Å²) in [7, 11) is 3.05. The molecule has 2 rings (SSSR count). The van der Waals surface area contributed by atoms with Crippen LogP contribution in [0.15, 0.2) is 36.4 Å². The molecule has 2 aromatic rings. The molecule has 25 heavy (non-hydrogen) atoms. The number of rotatable bonds is 6. The van der Waals surface area contributed by atoms with Gasteiger partial charge in [-0.2, -0.15) is 0 Å². The van der Waals surface area contributed by atoms with Crippen molar-refractivity contribution in [2.75, 3.05) is 19.5 Å². The molecule has 0 bridgehead atoms. The van der Waals surface area contributed by atoms with Gasteiger partial charge in [0.2, 0.25) is 5.91 Å². The quantitative estimate of drug-likeness (QED) is 0.864. The highest BCUT2D eigenvalue weighted by atomic mass is 19.1. The Bertz CT molecular complexity index is 768. The van der Waals surface area contributed by atoms with Crippen LogP contribution in [0.1, 0.15) is 12.5 Å². The highest BCUT2D eigenvalue weighted by molar-refractivity contribution is 5.94. The molecule has 0 unspecified atom stereocenters. The Hall–Kier alpha value is -2.54. The number of benzene rings is 2. The number of hydrogen-bond donors (Lipinski definition) is 1. The first-order valence-electron chi connectivity index (χ1n) is 7.60. The molecule has 0 heterocycles. The van der Waals surface area contributed by atoms with Crippen molar-refractivity contribution in [3.8, 4) is 5.75 Å². The molecule has 2 aromatic carbocycles. The zero-order valence-electron chi connectivity index (χ0n) is 14.1. The number of nitrogens with zero attached hydrogens (tertiary/aromatic N) is 1. The summed E-state index contributed by atoms with van der Waals surface area (Å²) in [6, 6.07) is 6.71. The second kappa shape index (κ2) is 8.02. The molecule has 0 radical (unpaired) electrons. The van der Waals surface area contributed by atoms with Gasteiger partial charge in [-0.15, -0.1) is 0 Å². The molecule has 1 atom stereocenters. The Morgan fingerprint density at radius 3 is 2.52 bits per heavy atom. The average Bonchev–Trinajstić information content (AvgIpc) is 2.57. The number of ether oxygens (including phenoxy) is 1.